The van der Waals surface area contributed by atoms with E-state index in [1.54, 1.807) is 0 Å². The molecule has 0 N–H and O–H groups in total. The molecule has 0 aliphatic carbocycles. The fourth-order valence-corrected chi connectivity index (χ4v) is 0. The van der Waals surface area contributed by atoms with Crippen LogP contribution in [0.3, 0.4) is 0 Å². The Morgan fingerprint density at radius 1 is 1.29 bits per heavy atom. The zero-order chi connectivity index (χ0) is 9.70. The molecular weight excluding hydrogens is 196 g/mol. The average molecular weight is 212 g/mol. The third kappa shape index (κ3) is 1710. The maximum absolute atomic E-state index is 8.89. The van der Waals surface area contributed by atoms with Crippen molar-refractivity contribution in [2.45, 2.75) is 29.2 Å². The van der Waals surface area contributed by atoms with Crippen molar-refractivity contribution in [1.82, 2.24) is 0 Å². The third-order valence-electron chi connectivity index (χ3n) is 0.0393. The number of carbonyl (C=O) groups is 2. The summed E-state index contributed by atoms with van der Waals surface area (Å²) < 4.78 is 0. The Hall–Kier alpha value is -1.72. The van der Waals surface area contributed by atoms with E-state index in [0.29, 0.717) is 0 Å². The van der Waals surface area contributed by atoms with Gasteiger partial charge in [-0.05, 0) is 6.92 Å². The lowest BCUT2D eigenvalue weighted by Gasteiger charge is -1.88. The first-order valence-electron chi connectivity index (χ1n) is 1.95. The Balaban J connectivity index is -0.0000000156. The van der Waals surface area contributed by atoms with Gasteiger partial charge in [0.05, 0.1) is 0 Å². The van der Waals surface area contributed by atoms with Gasteiger partial charge in [-0.2, -0.15) is 9.59 Å². The quantitative estimate of drug-likeness (QED) is 0.294. The van der Waals surface area contributed by atoms with Crippen molar-refractivity contribution >= 4 is 18.6 Å². The number of hydrogen-bond donors (Lipinski definition) is 0. The largest absolute Gasteiger partial charge is 0.662 e. The molecule has 0 spiro atoms. The number of carboxylic acids is 1. The summed E-state index contributed by atoms with van der Waals surface area (Å²) in [6.07, 6.45) is 0.250. The van der Waals surface area contributed by atoms with Crippen LogP contribution in [0.4, 0.5) is 0 Å². The highest BCUT2D eigenvalue weighted by molar-refractivity contribution is 5.60. The van der Waals surface area contributed by atoms with Gasteiger partial charge in [0.1, 0.15) is 0 Å². The molecule has 88 valence electrons. The van der Waals surface area contributed by atoms with Gasteiger partial charge < -0.3 is 20.0 Å². The van der Waals surface area contributed by atoms with E-state index in [2.05, 4.69) is 4.89 Å². The standard InChI is InChI=1S/C2H4O2.CH2O3.CO2.3CH4/c1-2(3)4;2-1-4-3;2-1-3;;;/h1H3,(H,3,4);1,3H;;3*1H4/p-2. The van der Waals surface area contributed by atoms with Crippen molar-refractivity contribution in [2.24, 2.45) is 0 Å². The van der Waals surface area contributed by atoms with Gasteiger partial charge in [-0.25, -0.2) is 0 Å². The van der Waals surface area contributed by atoms with E-state index in [9.17, 15) is 0 Å². The predicted octanol–water partition coefficient (Wildman–Crippen LogP) is -1.48. The van der Waals surface area contributed by atoms with Crippen LogP contribution in [0.2, 0.25) is 0 Å². The Morgan fingerprint density at radius 2 is 1.36 bits per heavy atom. The van der Waals surface area contributed by atoms with Gasteiger partial charge in [-0.3, -0.25) is 4.79 Å². The fourth-order valence-electron chi connectivity index (χ4n) is 0. The zero-order valence-corrected chi connectivity index (χ0v) is 5.44. The molecule has 0 fully saturated rings. The Bertz CT molecular complexity index is 122. The molecule has 0 bridgehead atoms. The Labute approximate surface area is 83.2 Å². The minimum Gasteiger partial charge on any atom is -0.662 e. The second-order valence-corrected chi connectivity index (χ2v) is 0.767. The molecule has 0 heterocycles. The van der Waals surface area contributed by atoms with E-state index in [4.69, 9.17) is 29.5 Å². The summed E-state index contributed by atoms with van der Waals surface area (Å²) >= 11 is 0. The molecule has 0 aromatic carbocycles. The third-order valence-corrected chi connectivity index (χ3v) is 0.0393. The second-order valence-electron chi connectivity index (χ2n) is 0.767. The van der Waals surface area contributed by atoms with Gasteiger partial charge in [0.2, 0.25) is 0 Å². The van der Waals surface area contributed by atoms with Crippen LogP contribution in [0, 0.1) is 0 Å². The van der Waals surface area contributed by atoms with Gasteiger partial charge >= 0.3 is 6.15 Å². The minimum atomic E-state index is -1.08. The summed E-state index contributed by atoms with van der Waals surface area (Å²) in [7, 11) is 0. The molecule has 14 heavy (non-hydrogen) atoms. The molecule has 0 aliphatic rings. The number of carboxylic acid groups (broad SMARTS) is 1. The van der Waals surface area contributed by atoms with Gasteiger partial charge in [-0.15, -0.1) is 0 Å². The molecule has 0 unspecified atom stereocenters. The van der Waals surface area contributed by atoms with Crippen molar-refractivity contribution in [2.75, 3.05) is 0 Å². The van der Waals surface area contributed by atoms with Crippen LogP contribution in [0.25, 0.3) is 0 Å². The first-order chi connectivity index (χ1) is 5.06. The van der Waals surface area contributed by atoms with Crippen molar-refractivity contribution < 1.29 is 34.4 Å². The zero-order valence-electron chi connectivity index (χ0n) is 5.44. The fraction of sp³-hybridized carbons (Fsp3) is 0.571. The summed E-state index contributed by atoms with van der Waals surface area (Å²) in [6.45, 7) is 0.792. The lowest BCUT2D eigenvalue weighted by molar-refractivity contribution is -0.652. The summed E-state index contributed by atoms with van der Waals surface area (Å²) in [5.41, 5.74) is 0. The molecule has 0 amide bonds. The van der Waals surface area contributed by atoms with Crippen molar-refractivity contribution in [3.05, 3.63) is 0 Å². The van der Waals surface area contributed by atoms with Crippen LogP contribution in [0.5, 0.6) is 0 Å². The molecule has 7 heteroatoms. The van der Waals surface area contributed by atoms with Crippen LogP contribution in [0.1, 0.15) is 29.2 Å². The van der Waals surface area contributed by atoms with Crippen LogP contribution in [-0.2, 0) is 24.1 Å². The SMILES string of the molecule is C.C.C.CC(=O)[O-].O=C=O.O=CO[O-]. The lowest BCUT2D eigenvalue weighted by atomic mass is 10.9. The molecule has 0 aliphatic heterocycles. The molecule has 0 aromatic heterocycles. The van der Waals surface area contributed by atoms with E-state index in [0.717, 1.165) is 6.92 Å². The van der Waals surface area contributed by atoms with Crippen molar-refractivity contribution in [1.29, 1.82) is 0 Å². The Morgan fingerprint density at radius 3 is 1.36 bits per heavy atom. The molecular formula is C7H16O7-2. The molecule has 0 saturated carbocycles. The number of rotatable bonds is 1. The average Bonchev–Trinajstić information content (AvgIpc) is 1.88. The van der Waals surface area contributed by atoms with Crippen LogP contribution >= 0.6 is 0 Å². The smallest absolute Gasteiger partial charge is 0.373 e. The van der Waals surface area contributed by atoms with Gasteiger partial charge in [-0.1, -0.05) is 22.3 Å². The second kappa shape index (κ2) is 65.1. The summed E-state index contributed by atoms with van der Waals surface area (Å²) in [4.78, 5) is 36.4. The van der Waals surface area contributed by atoms with E-state index < -0.39 is 5.97 Å². The van der Waals surface area contributed by atoms with Gasteiger partial charge in [0.25, 0.3) is 6.47 Å². The molecule has 0 radical (unpaired) electrons. The highest BCUT2D eigenvalue weighted by Gasteiger charge is 1.46. The highest BCUT2D eigenvalue weighted by Crippen LogP contribution is 1.31. The maximum Gasteiger partial charge on any atom is 0.373 e. The molecule has 0 atom stereocenters. The van der Waals surface area contributed by atoms with E-state index >= 15 is 0 Å². The van der Waals surface area contributed by atoms with Crippen LogP contribution in [-0.4, -0.2) is 18.6 Å². The number of aliphatic carboxylic acids is 1. The highest BCUT2D eigenvalue weighted by atomic mass is 17.1. The van der Waals surface area contributed by atoms with Crippen LogP contribution in [0.15, 0.2) is 0 Å². The number of hydrogen-bond acceptors (Lipinski definition) is 7. The van der Waals surface area contributed by atoms with Gasteiger partial charge in [0.15, 0.2) is 0 Å². The summed E-state index contributed by atoms with van der Waals surface area (Å²) in [5.74, 6) is -1.08. The summed E-state index contributed by atoms with van der Waals surface area (Å²) in [6, 6.07) is 0. The van der Waals surface area contributed by atoms with Crippen LogP contribution < -0.4 is 10.4 Å². The van der Waals surface area contributed by atoms with Crippen molar-refractivity contribution in [3.63, 3.8) is 0 Å². The summed E-state index contributed by atoms with van der Waals surface area (Å²) in [5, 5.41) is 17.3. The molecule has 0 rings (SSSR count). The van der Waals surface area contributed by atoms with E-state index in [-0.39, 0.29) is 34.9 Å². The molecule has 0 saturated heterocycles. The predicted molar refractivity (Wildman–Crippen MR) is 43.0 cm³/mol. The monoisotopic (exact) mass is 212 g/mol. The Kier molecular flexibility index (Phi) is 184. The lowest BCUT2D eigenvalue weighted by Crippen LogP contribution is -2.16. The molecule has 7 nitrogen and oxygen atoms in total. The normalized spacial score (nSPS) is 3.86. The van der Waals surface area contributed by atoms with E-state index in [1.807, 2.05) is 0 Å². The topological polar surface area (TPSA) is 124 Å². The van der Waals surface area contributed by atoms with Crippen molar-refractivity contribution in [3.8, 4) is 0 Å². The number of carbonyl (C=O) groups excluding carboxylic acids is 4. The van der Waals surface area contributed by atoms with E-state index in [1.165, 1.54) is 0 Å². The minimum absolute atomic E-state index is 0. The first-order valence-corrected chi connectivity index (χ1v) is 1.95. The maximum atomic E-state index is 8.89. The molecule has 0 aromatic rings. The van der Waals surface area contributed by atoms with Gasteiger partial charge in [0, 0.05) is 5.97 Å². The first kappa shape index (κ1) is 39.6.